The van der Waals surface area contributed by atoms with Crippen molar-refractivity contribution in [2.75, 3.05) is 31.7 Å². The van der Waals surface area contributed by atoms with Crippen LogP contribution < -0.4 is 15.8 Å². The Balaban J connectivity index is 1.96. The van der Waals surface area contributed by atoms with Crippen LogP contribution in [0.15, 0.2) is 18.2 Å². The molecule has 0 aliphatic carbocycles. The summed E-state index contributed by atoms with van der Waals surface area (Å²) in [4.78, 5) is 11.2. The second-order valence-corrected chi connectivity index (χ2v) is 4.53. The van der Waals surface area contributed by atoms with Crippen molar-refractivity contribution in [3.05, 3.63) is 23.8 Å². The largest absolute Gasteiger partial charge is 0.482 e. The molecule has 0 aromatic heterocycles. The lowest BCUT2D eigenvalue weighted by Crippen LogP contribution is -2.52. The minimum atomic E-state index is -0.120. The molecule has 1 aromatic carbocycles. The smallest absolute Gasteiger partial charge is 0.262 e. The molecular weight excluding hydrogens is 220 g/mol. The fourth-order valence-corrected chi connectivity index (χ4v) is 2.16. The van der Waals surface area contributed by atoms with Crippen molar-refractivity contribution in [3.8, 4) is 5.75 Å². The monoisotopic (exact) mass is 234 g/mol. The number of nitrogens with two attached hydrogens (primary N) is 1. The van der Waals surface area contributed by atoms with E-state index in [1.807, 2.05) is 18.2 Å². The molecule has 5 heteroatoms. The van der Waals surface area contributed by atoms with E-state index in [2.05, 4.69) is 5.32 Å². The number of amides is 1. The molecule has 0 radical (unpaired) electrons. The van der Waals surface area contributed by atoms with Crippen LogP contribution in [0.3, 0.4) is 0 Å². The molecule has 0 saturated carbocycles. The van der Waals surface area contributed by atoms with Gasteiger partial charge in [0.25, 0.3) is 5.91 Å². The van der Waals surface area contributed by atoms with Gasteiger partial charge < -0.3 is 20.5 Å². The predicted octanol–water partition coefficient (Wildman–Crippen LogP) is 0.244. The van der Waals surface area contributed by atoms with Crippen molar-refractivity contribution in [2.45, 2.75) is 5.41 Å². The van der Waals surface area contributed by atoms with E-state index in [0.29, 0.717) is 25.5 Å². The first-order valence-corrected chi connectivity index (χ1v) is 5.58. The Morgan fingerprint density at radius 1 is 1.41 bits per heavy atom. The molecule has 2 heterocycles. The van der Waals surface area contributed by atoms with Crippen LogP contribution in [-0.2, 0) is 14.9 Å². The molecule has 1 saturated heterocycles. The summed E-state index contributed by atoms with van der Waals surface area (Å²) in [7, 11) is 0. The van der Waals surface area contributed by atoms with Gasteiger partial charge in [-0.2, -0.15) is 0 Å². The highest BCUT2D eigenvalue weighted by molar-refractivity contribution is 5.95. The highest BCUT2D eigenvalue weighted by Gasteiger charge is 2.39. The molecule has 1 aromatic rings. The van der Waals surface area contributed by atoms with E-state index in [-0.39, 0.29) is 17.9 Å². The molecule has 0 bridgehead atoms. The van der Waals surface area contributed by atoms with E-state index >= 15 is 0 Å². The molecule has 0 spiro atoms. The van der Waals surface area contributed by atoms with Gasteiger partial charge in [0.2, 0.25) is 0 Å². The van der Waals surface area contributed by atoms with Gasteiger partial charge in [0.15, 0.2) is 6.61 Å². The molecule has 0 unspecified atom stereocenters. The maximum Gasteiger partial charge on any atom is 0.262 e. The summed E-state index contributed by atoms with van der Waals surface area (Å²) in [6.45, 7) is 1.92. The van der Waals surface area contributed by atoms with Crippen molar-refractivity contribution in [2.24, 2.45) is 5.73 Å². The second kappa shape index (κ2) is 3.72. The van der Waals surface area contributed by atoms with E-state index < -0.39 is 0 Å². The Hall–Kier alpha value is -1.59. The van der Waals surface area contributed by atoms with E-state index in [1.54, 1.807) is 0 Å². The fourth-order valence-electron chi connectivity index (χ4n) is 2.16. The number of carbonyl (C=O) groups excluding carboxylic acids is 1. The van der Waals surface area contributed by atoms with Gasteiger partial charge in [-0.3, -0.25) is 4.79 Å². The normalized spacial score (nSPS) is 20.9. The Morgan fingerprint density at radius 2 is 2.24 bits per heavy atom. The van der Waals surface area contributed by atoms with Gasteiger partial charge in [-0.05, 0) is 17.7 Å². The number of ether oxygens (including phenoxy) is 2. The minimum Gasteiger partial charge on any atom is -0.482 e. The lowest BCUT2D eigenvalue weighted by Gasteiger charge is -2.41. The zero-order valence-corrected chi connectivity index (χ0v) is 9.36. The van der Waals surface area contributed by atoms with Crippen LogP contribution in [-0.4, -0.2) is 32.3 Å². The van der Waals surface area contributed by atoms with Gasteiger partial charge >= 0.3 is 0 Å². The van der Waals surface area contributed by atoms with Crippen molar-refractivity contribution >= 4 is 11.6 Å². The van der Waals surface area contributed by atoms with Crippen LogP contribution in [0.1, 0.15) is 5.56 Å². The van der Waals surface area contributed by atoms with Crippen molar-refractivity contribution in [3.63, 3.8) is 0 Å². The predicted molar refractivity (Wildman–Crippen MR) is 62.1 cm³/mol. The van der Waals surface area contributed by atoms with Gasteiger partial charge in [-0.15, -0.1) is 0 Å². The van der Waals surface area contributed by atoms with Crippen LogP contribution in [0, 0.1) is 0 Å². The van der Waals surface area contributed by atoms with E-state index in [4.69, 9.17) is 15.2 Å². The van der Waals surface area contributed by atoms with Gasteiger partial charge in [0.05, 0.1) is 24.3 Å². The third-order valence-electron chi connectivity index (χ3n) is 3.37. The Labute approximate surface area is 98.9 Å². The number of benzene rings is 1. The second-order valence-electron chi connectivity index (χ2n) is 4.53. The van der Waals surface area contributed by atoms with Crippen molar-refractivity contribution in [1.82, 2.24) is 0 Å². The van der Waals surface area contributed by atoms with Gasteiger partial charge in [-0.25, -0.2) is 0 Å². The maximum atomic E-state index is 11.2. The van der Waals surface area contributed by atoms with Crippen molar-refractivity contribution < 1.29 is 14.3 Å². The summed E-state index contributed by atoms with van der Waals surface area (Å²) in [5, 5.41) is 2.77. The lowest BCUT2D eigenvalue weighted by molar-refractivity contribution is -0.118. The molecular formula is C12H14N2O3. The standard InChI is InChI=1S/C12H14N2O3/c13-5-12(6-16-7-12)8-1-2-9-10(3-8)17-4-11(15)14-9/h1-3H,4-7,13H2,(H,14,15). The molecule has 3 N–H and O–H groups in total. The first-order valence-electron chi connectivity index (χ1n) is 5.58. The van der Waals surface area contributed by atoms with E-state index in [9.17, 15) is 4.79 Å². The molecule has 2 aliphatic heterocycles. The number of anilines is 1. The zero-order valence-electron chi connectivity index (χ0n) is 9.36. The number of hydrogen-bond donors (Lipinski definition) is 2. The first-order chi connectivity index (χ1) is 8.23. The molecule has 0 atom stereocenters. The number of fused-ring (bicyclic) bond motifs is 1. The van der Waals surface area contributed by atoms with Crippen LogP contribution in [0.4, 0.5) is 5.69 Å². The third-order valence-corrected chi connectivity index (χ3v) is 3.37. The number of nitrogens with one attached hydrogen (secondary N) is 1. The lowest BCUT2D eigenvalue weighted by atomic mass is 9.78. The fraction of sp³-hybridized carbons (Fsp3) is 0.417. The molecule has 3 rings (SSSR count). The Bertz CT molecular complexity index is 463. The first kappa shape index (κ1) is 10.6. The minimum absolute atomic E-state index is 0.0720. The molecule has 90 valence electrons. The summed E-state index contributed by atoms with van der Waals surface area (Å²) in [6.07, 6.45) is 0. The van der Waals surface area contributed by atoms with Crippen LogP contribution in [0.5, 0.6) is 5.75 Å². The third kappa shape index (κ3) is 1.59. The zero-order chi connectivity index (χ0) is 11.9. The van der Waals surface area contributed by atoms with Gasteiger partial charge in [0.1, 0.15) is 5.75 Å². The summed E-state index contributed by atoms with van der Waals surface area (Å²) in [6, 6.07) is 5.78. The van der Waals surface area contributed by atoms with E-state index in [0.717, 1.165) is 11.3 Å². The summed E-state index contributed by atoms with van der Waals surface area (Å²) in [5.74, 6) is 0.590. The maximum absolute atomic E-state index is 11.2. The summed E-state index contributed by atoms with van der Waals surface area (Å²) in [5.41, 5.74) is 7.56. The van der Waals surface area contributed by atoms with Gasteiger partial charge in [-0.1, -0.05) is 6.07 Å². The summed E-state index contributed by atoms with van der Waals surface area (Å²) < 4.78 is 10.6. The molecule has 2 aliphatic rings. The number of hydrogen-bond acceptors (Lipinski definition) is 4. The quantitative estimate of drug-likeness (QED) is 0.769. The highest BCUT2D eigenvalue weighted by Crippen LogP contribution is 2.37. The highest BCUT2D eigenvalue weighted by atomic mass is 16.5. The number of rotatable bonds is 2. The Morgan fingerprint density at radius 3 is 2.88 bits per heavy atom. The van der Waals surface area contributed by atoms with Crippen molar-refractivity contribution in [1.29, 1.82) is 0 Å². The van der Waals surface area contributed by atoms with Crippen LogP contribution in [0.2, 0.25) is 0 Å². The Kier molecular flexibility index (Phi) is 2.31. The van der Waals surface area contributed by atoms with Crippen LogP contribution >= 0.6 is 0 Å². The average molecular weight is 234 g/mol. The molecule has 17 heavy (non-hydrogen) atoms. The van der Waals surface area contributed by atoms with Crippen LogP contribution in [0.25, 0.3) is 0 Å². The van der Waals surface area contributed by atoms with Gasteiger partial charge in [0, 0.05) is 6.54 Å². The molecule has 1 fully saturated rings. The SMILES string of the molecule is NCC1(c2ccc3c(c2)OCC(=O)N3)COC1. The topological polar surface area (TPSA) is 73.6 Å². The number of carbonyl (C=O) groups is 1. The average Bonchev–Trinajstić information content (AvgIpc) is 2.28. The molecule has 1 amide bonds. The van der Waals surface area contributed by atoms with E-state index in [1.165, 1.54) is 0 Å². The molecule has 5 nitrogen and oxygen atoms in total. The summed E-state index contributed by atoms with van der Waals surface area (Å²) >= 11 is 0.